The molecule has 1 aliphatic heterocycles. The summed E-state index contributed by atoms with van der Waals surface area (Å²) >= 11 is 0. The third kappa shape index (κ3) is 6.63. The van der Waals surface area contributed by atoms with E-state index in [2.05, 4.69) is 25.5 Å². The van der Waals surface area contributed by atoms with Crippen molar-refractivity contribution in [1.29, 1.82) is 0 Å². The molecule has 0 unspecified atom stereocenters. The van der Waals surface area contributed by atoms with Crippen LogP contribution in [0.4, 0.5) is 24.8 Å². The second-order valence-electron chi connectivity index (χ2n) is 7.75. The van der Waals surface area contributed by atoms with Gasteiger partial charge in [-0.05, 0) is 13.8 Å². The van der Waals surface area contributed by atoms with Crippen molar-refractivity contribution >= 4 is 17.5 Å². The van der Waals surface area contributed by atoms with Crippen LogP contribution in [0.15, 0.2) is 23.4 Å². The molecule has 3 rings (SSSR count). The zero-order valence-electron chi connectivity index (χ0n) is 18.4. The third-order valence-electron chi connectivity index (χ3n) is 5.22. The quantitative estimate of drug-likeness (QED) is 0.558. The van der Waals surface area contributed by atoms with Crippen LogP contribution < -0.4 is 15.8 Å². The summed E-state index contributed by atoms with van der Waals surface area (Å²) in [6.07, 6.45) is -1.20. The van der Waals surface area contributed by atoms with Crippen molar-refractivity contribution in [2.75, 3.05) is 49.6 Å². The normalized spacial score (nSPS) is 15.4. The monoisotopic (exact) mass is 469 g/mol. The van der Waals surface area contributed by atoms with Crippen LogP contribution >= 0.6 is 0 Å². The summed E-state index contributed by atoms with van der Waals surface area (Å²) in [6, 6.07) is -0.0883. The SMILES string of the molecule is Cc1c(N[C@@H](C)COCCC(=O)N2CCN(c3ncc(C(F)(F)F)cn3)CC2)cn[nH]c1=O. The molecule has 0 spiro atoms. The number of rotatable bonds is 8. The maximum absolute atomic E-state index is 12.6. The lowest BCUT2D eigenvalue weighted by atomic mass is 10.2. The summed E-state index contributed by atoms with van der Waals surface area (Å²) in [7, 11) is 0. The van der Waals surface area contributed by atoms with Crippen molar-refractivity contribution in [2.45, 2.75) is 32.5 Å². The van der Waals surface area contributed by atoms with E-state index in [1.807, 2.05) is 6.92 Å². The number of nitrogens with zero attached hydrogens (tertiary/aromatic N) is 5. The molecule has 0 aliphatic carbocycles. The van der Waals surface area contributed by atoms with Gasteiger partial charge in [0, 0.05) is 50.2 Å². The summed E-state index contributed by atoms with van der Waals surface area (Å²) < 4.78 is 43.5. The number of halogens is 3. The van der Waals surface area contributed by atoms with Crippen molar-refractivity contribution in [3.05, 3.63) is 40.1 Å². The average molecular weight is 469 g/mol. The van der Waals surface area contributed by atoms with Crippen molar-refractivity contribution in [3.63, 3.8) is 0 Å². The molecule has 1 aliphatic rings. The second-order valence-corrected chi connectivity index (χ2v) is 7.75. The number of carbonyl (C=O) groups excluding carboxylic acids is 1. The highest BCUT2D eigenvalue weighted by molar-refractivity contribution is 5.76. The van der Waals surface area contributed by atoms with Gasteiger partial charge >= 0.3 is 6.18 Å². The number of aromatic nitrogens is 4. The Labute approximate surface area is 188 Å². The lowest BCUT2D eigenvalue weighted by molar-refractivity contribution is -0.138. The first-order valence-corrected chi connectivity index (χ1v) is 10.5. The molecular formula is C20H26F3N7O3. The Kier molecular flexibility index (Phi) is 7.84. The predicted octanol–water partition coefficient (Wildman–Crippen LogP) is 1.44. The lowest BCUT2D eigenvalue weighted by Crippen LogP contribution is -2.49. The van der Waals surface area contributed by atoms with Gasteiger partial charge in [-0.3, -0.25) is 9.59 Å². The topological polar surface area (TPSA) is 116 Å². The van der Waals surface area contributed by atoms with Crippen LogP contribution in [0.1, 0.15) is 24.5 Å². The molecule has 3 heterocycles. The van der Waals surface area contributed by atoms with E-state index in [4.69, 9.17) is 4.74 Å². The standard InChI is InChI=1S/C20H26F3N7O3/c1-13(27-16-11-26-28-18(32)14(16)2)12-33-8-3-17(31)29-4-6-30(7-5-29)19-24-9-15(10-25-19)20(21,22)23/h9-11,13H,3-8,12H2,1-2H3,(H2,27,28,32)/t13-/m0/s1. The number of hydrogen-bond acceptors (Lipinski definition) is 8. The van der Waals surface area contributed by atoms with Gasteiger partial charge in [-0.15, -0.1) is 0 Å². The minimum atomic E-state index is -4.48. The number of piperazine rings is 1. The third-order valence-corrected chi connectivity index (χ3v) is 5.22. The van der Waals surface area contributed by atoms with E-state index >= 15 is 0 Å². The van der Waals surface area contributed by atoms with Gasteiger partial charge in [0.05, 0.1) is 37.1 Å². The first kappa shape index (κ1) is 24.4. The molecule has 1 fully saturated rings. The summed E-state index contributed by atoms with van der Waals surface area (Å²) in [4.78, 5) is 35.0. The number of H-pyrrole nitrogens is 1. The maximum atomic E-state index is 12.6. The van der Waals surface area contributed by atoms with Crippen LogP contribution in [-0.2, 0) is 15.7 Å². The van der Waals surface area contributed by atoms with Crippen LogP contribution in [0.3, 0.4) is 0 Å². The fourth-order valence-corrected chi connectivity index (χ4v) is 3.28. The molecular weight excluding hydrogens is 443 g/mol. The molecule has 2 aromatic heterocycles. The maximum Gasteiger partial charge on any atom is 0.419 e. The van der Waals surface area contributed by atoms with Crippen molar-refractivity contribution in [1.82, 2.24) is 25.1 Å². The molecule has 1 amide bonds. The molecule has 13 heteroatoms. The van der Waals surface area contributed by atoms with Crippen LogP contribution in [0.5, 0.6) is 0 Å². The molecule has 10 nitrogen and oxygen atoms in total. The van der Waals surface area contributed by atoms with E-state index in [1.165, 1.54) is 6.20 Å². The smallest absolute Gasteiger partial charge is 0.379 e. The van der Waals surface area contributed by atoms with E-state index in [1.54, 1.807) is 16.7 Å². The number of carbonyl (C=O) groups is 1. The molecule has 0 saturated carbocycles. The number of amides is 1. The summed E-state index contributed by atoms with van der Waals surface area (Å²) in [5, 5.41) is 9.27. The molecule has 33 heavy (non-hydrogen) atoms. The minimum Gasteiger partial charge on any atom is -0.379 e. The second kappa shape index (κ2) is 10.6. The highest BCUT2D eigenvalue weighted by Gasteiger charge is 2.32. The van der Waals surface area contributed by atoms with Gasteiger partial charge < -0.3 is 19.9 Å². The first-order chi connectivity index (χ1) is 15.6. The Hall–Kier alpha value is -3.22. The largest absolute Gasteiger partial charge is 0.419 e. The molecule has 0 bridgehead atoms. The Morgan fingerprint density at radius 2 is 1.88 bits per heavy atom. The number of ether oxygens (including phenoxy) is 1. The Bertz CT molecular complexity index is 990. The number of hydrogen-bond donors (Lipinski definition) is 2. The van der Waals surface area contributed by atoms with Gasteiger partial charge in [0.15, 0.2) is 0 Å². The highest BCUT2D eigenvalue weighted by Crippen LogP contribution is 2.28. The van der Waals surface area contributed by atoms with E-state index < -0.39 is 11.7 Å². The Balaban J connectivity index is 1.36. The Morgan fingerprint density at radius 1 is 1.21 bits per heavy atom. The van der Waals surface area contributed by atoms with Crippen molar-refractivity contribution in [2.24, 2.45) is 0 Å². The van der Waals surface area contributed by atoms with Gasteiger partial charge in [0.1, 0.15) is 0 Å². The first-order valence-electron chi connectivity index (χ1n) is 10.5. The fraction of sp³-hybridized carbons (Fsp3) is 0.550. The summed E-state index contributed by atoms with van der Waals surface area (Å²) in [5.41, 5.74) is 0.00574. The molecule has 1 saturated heterocycles. The summed E-state index contributed by atoms with van der Waals surface area (Å²) in [5.74, 6) is 0.156. The number of aromatic amines is 1. The van der Waals surface area contributed by atoms with Gasteiger partial charge in [0.25, 0.3) is 5.56 Å². The van der Waals surface area contributed by atoms with Gasteiger partial charge in [-0.1, -0.05) is 0 Å². The van der Waals surface area contributed by atoms with E-state index in [0.717, 1.165) is 12.4 Å². The van der Waals surface area contributed by atoms with E-state index in [0.29, 0.717) is 44.0 Å². The molecule has 1 atom stereocenters. The zero-order chi connectivity index (χ0) is 24.0. The van der Waals surface area contributed by atoms with Gasteiger partial charge in [-0.2, -0.15) is 18.3 Å². The molecule has 2 aromatic rings. The van der Waals surface area contributed by atoms with Crippen molar-refractivity contribution < 1.29 is 22.7 Å². The Morgan fingerprint density at radius 3 is 2.52 bits per heavy atom. The molecule has 0 aromatic carbocycles. The van der Waals surface area contributed by atoms with Crippen LogP contribution in [-0.4, -0.2) is 76.4 Å². The molecule has 0 radical (unpaired) electrons. The van der Waals surface area contributed by atoms with E-state index in [9.17, 15) is 22.8 Å². The van der Waals surface area contributed by atoms with Crippen LogP contribution in [0, 0.1) is 6.92 Å². The highest BCUT2D eigenvalue weighted by atomic mass is 19.4. The number of nitrogens with one attached hydrogen (secondary N) is 2. The fourth-order valence-electron chi connectivity index (χ4n) is 3.28. The average Bonchev–Trinajstić information content (AvgIpc) is 2.79. The minimum absolute atomic E-state index is 0.0572. The predicted molar refractivity (Wildman–Crippen MR) is 114 cm³/mol. The number of alkyl halides is 3. The van der Waals surface area contributed by atoms with Crippen LogP contribution in [0.25, 0.3) is 0 Å². The van der Waals surface area contributed by atoms with Gasteiger partial charge in [0.2, 0.25) is 11.9 Å². The van der Waals surface area contributed by atoms with Crippen LogP contribution in [0.2, 0.25) is 0 Å². The lowest BCUT2D eigenvalue weighted by Gasteiger charge is -2.34. The summed E-state index contributed by atoms with van der Waals surface area (Å²) in [6.45, 7) is 5.90. The number of anilines is 2. The molecule has 180 valence electrons. The molecule has 2 N–H and O–H groups in total. The van der Waals surface area contributed by atoms with E-state index in [-0.39, 0.29) is 36.5 Å². The van der Waals surface area contributed by atoms with Crippen molar-refractivity contribution in [3.8, 4) is 0 Å². The zero-order valence-corrected chi connectivity index (χ0v) is 18.4. The van der Waals surface area contributed by atoms with Gasteiger partial charge in [-0.25, -0.2) is 15.1 Å².